The lowest BCUT2D eigenvalue weighted by atomic mass is 10.1. The number of hydrogen-bond donors (Lipinski definition) is 1. The van der Waals surface area contributed by atoms with Crippen molar-refractivity contribution in [3.63, 3.8) is 0 Å². The summed E-state index contributed by atoms with van der Waals surface area (Å²) in [6.45, 7) is 1.61. The van der Waals surface area contributed by atoms with Crippen LogP contribution < -0.4 is 5.32 Å². The van der Waals surface area contributed by atoms with E-state index in [1.165, 1.54) is 30.3 Å². The maximum Gasteiger partial charge on any atom is 0.416 e. The number of nitro benzene ring substituents is 1. The molecule has 2 rings (SSSR count). The lowest BCUT2D eigenvalue weighted by Crippen LogP contribution is -2.26. The van der Waals surface area contributed by atoms with Crippen LogP contribution in [0.4, 0.5) is 18.9 Å². The average molecular weight is 338 g/mol. The molecule has 0 spiro atoms. The second-order valence-corrected chi connectivity index (χ2v) is 5.12. The van der Waals surface area contributed by atoms with Crippen LogP contribution >= 0.6 is 0 Å². The summed E-state index contributed by atoms with van der Waals surface area (Å²) in [6.07, 6.45) is -4.42. The zero-order valence-electron chi connectivity index (χ0n) is 12.5. The fourth-order valence-corrected chi connectivity index (χ4v) is 2.08. The van der Waals surface area contributed by atoms with Crippen LogP contribution in [0.5, 0.6) is 0 Å². The minimum Gasteiger partial charge on any atom is -0.346 e. The fourth-order valence-electron chi connectivity index (χ4n) is 2.08. The minimum absolute atomic E-state index is 0.1000. The average Bonchev–Trinajstić information content (AvgIpc) is 2.54. The number of carbonyl (C=O) groups excluding carboxylic acids is 1. The van der Waals surface area contributed by atoms with E-state index in [9.17, 15) is 28.1 Å². The first-order valence-corrected chi connectivity index (χ1v) is 6.91. The van der Waals surface area contributed by atoms with E-state index in [0.29, 0.717) is 5.56 Å². The molecule has 0 bridgehead atoms. The molecule has 1 unspecified atom stereocenters. The van der Waals surface area contributed by atoms with Gasteiger partial charge >= 0.3 is 6.18 Å². The molecule has 0 aliphatic heterocycles. The second kappa shape index (κ2) is 6.69. The molecule has 0 aromatic heterocycles. The molecule has 0 aliphatic rings. The molecule has 0 saturated carbocycles. The molecule has 0 aliphatic carbocycles. The maximum absolute atomic E-state index is 12.5. The lowest BCUT2D eigenvalue weighted by Gasteiger charge is -2.15. The molecule has 0 fully saturated rings. The highest BCUT2D eigenvalue weighted by molar-refractivity contribution is 5.95. The molecular formula is C16H13F3N2O3. The Kier molecular flexibility index (Phi) is 4.87. The summed E-state index contributed by atoms with van der Waals surface area (Å²) in [5.74, 6) is -0.550. The van der Waals surface area contributed by atoms with Gasteiger partial charge in [0, 0.05) is 17.7 Å². The summed E-state index contributed by atoms with van der Waals surface area (Å²) >= 11 is 0. The Morgan fingerprint density at radius 3 is 2.33 bits per heavy atom. The van der Waals surface area contributed by atoms with E-state index < -0.39 is 28.6 Å². The van der Waals surface area contributed by atoms with E-state index in [0.717, 1.165) is 18.2 Å². The normalized spacial score (nSPS) is 12.5. The third-order valence-corrected chi connectivity index (χ3v) is 3.40. The van der Waals surface area contributed by atoms with Gasteiger partial charge in [-0.05, 0) is 30.7 Å². The van der Waals surface area contributed by atoms with Crippen LogP contribution in [-0.2, 0) is 6.18 Å². The Morgan fingerprint density at radius 2 is 1.79 bits per heavy atom. The number of hydrogen-bond acceptors (Lipinski definition) is 3. The van der Waals surface area contributed by atoms with Crippen molar-refractivity contribution in [2.24, 2.45) is 0 Å². The summed E-state index contributed by atoms with van der Waals surface area (Å²) in [6, 6.07) is 9.07. The molecule has 1 atom stereocenters. The van der Waals surface area contributed by atoms with E-state index in [4.69, 9.17) is 0 Å². The van der Waals surface area contributed by atoms with Gasteiger partial charge < -0.3 is 5.32 Å². The van der Waals surface area contributed by atoms with Gasteiger partial charge in [-0.25, -0.2) is 0 Å². The van der Waals surface area contributed by atoms with Gasteiger partial charge in [0.05, 0.1) is 16.5 Å². The van der Waals surface area contributed by atoms with E-state index in [2.05, 4.69) is 5.32 Å². The topological polar surface area (TPSA) is 72.2 Å². The largest absolute Gasteiger partial charge is 0.416 e. The first-order valence-electron chi connectivity index (χ1n) is 6.91. The van der Waals surface area contributed by atoms with Gasteiger partial charge in [-0.15, -0.1) is 0 Å². The molecule has 2 aromatic carbocycles. The highest BCUT2D eigenvalue weighted by Gasteiger charge is 2.30. The standard InChI is InChI=1S/C16H13F3N2O3/c1-10(11-5-7-13(8-6-11)16(17,18)19)20-15(22)12-3-2-4-14(9-12)21(23)24/h2-10H,1H3,(H,20,22). The van der Waals surface area contributed by atoms with Crippen molar-refractivity contribution >= 4 is 11.6 Å². The Morgan fingerprint density at radius 1 is 1.17 bits per heavy atom. The molecule has 5 nitrogen and oxygen atoms in total. The number of halogens is 3. The molecule has 24 heavy (non-hydrogen) atoms. The summed E-state index contributed by atoms with van der Waals surface area (Å²) in [5, 5.41) is 13.3. The number of amides is 1. The third-order valence-electron chi connectivity index (χ3n) is 3.40. The third kappa shape index (κ3) is 4.09. The van der Waals surface area contributed by atoms with Crippen LogP contribution in [0.1, 0.15) is 34.5 Å². The molecule has 2 aromatic rings. The van der Waals surface area contributed by atoms with Crippen LogP contribution in [-0.4, -0.2) is 10.8 Å². The first kappa shape index (κ1) is 17.5. The maximum atomic E-state index is 12.5. The van der Waals surface area contributed by atoms with Gasteiger partial charge in [0.2, 0.25) is 0 Å². The Balaban J connectivity index is 2.11. The monoisotopic (exact) mass is 338 g/mol. The van der Waals surface area contributed by atoms with Crippen molar-refractivity contribution in [2.45, 2.75) is 19.1 Å². The summed E-state index contributed by atoms with van der Waals surface area (Å²) in [7, 11) is 0. The molecular weight excluding hydrogens is 325 g/mol. The fraction of sp³-hybridized carbons (Fsp3) is 0.188. The van der Waals surface area contributed by atoms with Gasteiger partial charge in [-0.3, -0.25) is 14.9 Å². The van der Waals surface area contributed by atoms with Crippen LogP contribution in [0.2, 0.25) is 0 Å². The number of nitro groups is 1. The van der Waals surface area contributed by atoms with E-state index >= 15 is 0 Å². The van der Waals surface area contributed by atoms with Gasteiger partial charge in [-0.1, -0.05) is 18.2 Å². The summed E-state index contributed by atoms with van der Waals surface area (Å²) in [5.41, 5.74) is -0.405. The Hall–Kier alpha value is -2.90. The van der Waals surface area contributed by atoms with Gasteiger partial charge in [0.1, 0.15) is 0 Å². The van der Waals surface area contributed by atoms with Crippen molar-refractivity contribution in [3.05, 3.63) is 75.3 Å². The van der Waals surface area contributed by atoms with E-state index in [-0.39, 0.29) is 11.3 Å². The van der Waals surface area contributed by atoms with Crippen molar-refractivity contribution in [2.75, 3.05) is 0 Å². The summed E-state index contributed by atoms with van der Waals surface area (Å²) in [4.78, 5) is 22.2. The highest BCUT2D eigenvalue weighted by Crippen LogP contribution is 2.29. The Bertz CT molecular complexity index is 758. The minimum atomic E-state index is -4.42. The van der Waals surface area contributed by atoms with Gasteiger partial charge in [0.25, 0.3) is 11.6 Å². The van der Waals surface area contributed by atoms with Crippen molar-refractivity contribution in [1.29, 1.82) is 0 Å². The number of nitrogens with zero attached hydrogens (tertiary/aromatic N) is 1. The molecule has 1 N–H and O–H groups in total. The number of non-ortho nitro benzene ring substituents is 1. The second-order valence-electron chi connectivity index (χ2n) is 5.12. The number of nitrogens with one attached hydrogen (secondary N) is 1. The quantitative estimate of drug-likeness (QED) is 0.674. The van der Waals surface area contributed by atoms with Crippen LogP contribution in [0, 0.1) is 10.1 Å². The zero-order chi connectivity index (χ0) is 17.9. The van der Waals surface area contributed by atoms with Crippen LogP contribution in [0.25, 0.3) is 0 Å². The molecule has 126 valence electrons. The molecule has 1 amide bonds. The number of carbonyl (C=O) groups is 1. The van der Waals surface area contributed by atoms with E-state index in [1.54, 1.807) is 6.92 Å². The highest BCUT2D eigenvalue weighted by atomic mass is 19.4. The Labute approximate surface area is 135 Å². The SMILES string of the molecule is CC(NC(=O)c1cccc([N+](=O)[O-])c1)c1ccc(C(F)(F)F)cc1. The van der Waals surface area contributed by atoms with Crippen molar-refractivity contribution in [1.82, 2.24) is 5.32 Å². The predicted octanol–water partition coefficient (Wildman–Crippen LogP) is 4.10. The number of rotatable bonds is 4. The molecule has 0 saturated heterocycles. The molecule has 0 heterocycles. The predicted molar refractivity (Wildman–Crippen MR) is 80.4 cm³/mol. The van der Waals surface area contributed by atoms with Crippen molar-refractivity contribution in [3.8, 4) is 0 Å². The van der Waals surface area contributed by atoms with Gasteiger partial charge in [0.15, 0.2) is 0 Å². The summed E-state index contributed by atoms with van der Waals surface area (Å²) < 4.78 is 37.6. The van der Waals surface area contributed by atoms with Gasteiger partial charge in [-0.2, -0.15) is 13.2 Å². The smallest absolute Gasteiger partial charge is 0.346 e. The van der Waals surface area contributed by atoms with Crippen LogP contribution in [0.3, 0.4) is 0 Å². The van der Waals surface area contributed by atoms with Crippen molar-refractivity contribution < 1.29 is 22.9 Å². The molecule has 0 radical (unpaired) electrons. The number of alkyl halides is 3. The van der Waals surface area contributed by atoms with Crippen LogP contribution in [0.15, 0.2) is 48.5 Å². The number of benzene rings is 2. The van der Waals surface area contributed by atoms with E-state index in [1.807, 2.05) is 0 Å². The first-order chi connectivity index (χ1) is 11.2. The molecule has 8 heteroatoms. The lowest BCUT2D eigenvalue weighted by molar-refractivity contribution is -0.384. The zero-order valence-corrected chi connectivity index (χ0v) is 12.5.